The quantitative estimate of drug-likeness (QED) is 0.103. The molecule has 0 spiro atoms. The average Bonchev–Trinajstić information content (AvgIpc) is 3.02. The second-order valence-electron chi connectivity index (χ2n) is 14.9. The Morgan fingerprint density at radius 2 is 1.40 bits per heavy atom. The van der Waals surface area contributed by atoms with Crippen molar-refractivity contribution in [2.75, 3.05) is 11.5 Å². The molecule has 1 aromatic rings. The Balaban J connectivity index is 0.000000549. The average molecular weight is 687 g/mol. The summed E-state index contributed by atoms with van der Waals surface area (Å²) >= 11 is 2.18. The number of thioether (sulfide) groups is 1. The van der Waals surface area contributed by atoms with E-state index in [0.717, 1.165) is 71.4 Å². The van der Waals surface area contributed by atoms with Gasteiger partial charge in [-0.25, -0.2) is 8.78 Å². The third-order valence-electron chi connectivity index (χ3n) is 10.4. The van der Waals surface area contributed by atoms with Gasteiger partial charge < -0.3 is 0 Å². The van der Waals surface area contributed by atoms with E-state index >= 15 is 8.78 Å². The Hall–Kier alpha value is -1.35. The predicted octanol–water partition coefficient (Wildman–Crippen LogP) is 16.2. The molecule has 0 heterocycles. The monoisotopic (exact) mass is 687 g/mol. The summed E-state index contributed by atoms with van der Waals surface area (Å²) in [5.74, 6) is 0.905. The molecule has 3 heteroatoms. The summed E-state index contributed by atoms with van der Waals surface area (Å²) in [4.78, 5) is 0. The molecule has 0 saturated heterocycles. The lowest BCUT2D eigenvalue weighted by atomic mass is 9.80. The second-order valence-corrected chi connectivity index (χ2v) is 16.1. The molecule has 48 heavy (non-hydrogen) atoms. The normalized spacial score (nSPS) is 13.9. The van der Waals surface area contributed by atoms with Crippen LogP contribution in [0.15, 0.2) is 34.9 Å². The molecule has 1 atom stereocenters. The van der Waals surface area contributed by atoms with Gasteiger partial charge in [0.05, 0.1) is 0 Å². The first-order chi connectivity index (χ1) is 22.9. The minimum atomic E-state index is -2.84. The fourth-order valence-electron chi connectivity index (χ4n) is 6.41. The summed E-state index contributed by atoms with van der Waals surface area (Å²) in [7, 11) is 0. The highest BCUT2D eigenvalue weighted by atomic mass is 32.2. The van der Waals surface area contributed by atoms with Gasteiger partial charge >= 0.3 is 0 Å². The molecule has 1 saturated carbocycles. The zero-order valence-corrected chi connectivity index (χ0v) is 34.1. The molecule has 0 aromatic heterocycles. The van der Waals surface area contributed by atoms with Crippen LogP contribution in [0.25, 0.3) is 11.1 Å². The van der Waals surface area contributed by atoms with Crippen LogP contribution in [-0.2, 0) is 6.42 Å². The van der Waals surface area contributed by atoms with Crippen molar-refractivity contribution in [3.63, 3.8) is 0 Å². The molecule has 1 aromatic carbocycles. The lowest BCUT2D eigenvalue weighted by molar-refractivity contribution is 0.0562. The van der Waals surface area contributed by atoms with E-state index in [4.69, 9.17) is 0 Å². The number of unbranched alkanes of at least 4 members (excludes halogenated alkanes) is 8. The lowest BCUT2D eigenvalue weighted by Gasteiger charge is -2.28. The van der Waals surface area contributed by atoms with Gasteiger partial charge in [-0.15, -0.1) is 0 Å². The van der Waals surface area contributed by atoms with Crippen molar-refractivity contribution in [3.8, 4) is 0 Å². The van der Waals surface area contributed by atoms with Crippen molar-refractivity contribution in [2.24, 2.45) is 5.92 Å². The summed E-state index contributed by atoms with van der Waals surface area (Å²) in [6, 6.07) is 4.20. The van der Waals surface area contributed by atoms with E-state index in [-0.39, 0.29) is 12.0 Å². The molecule has 0 bridgehead atoms. The third-order valence-corrected chi connectivity index (χ3v) is 11.5. The second kappa shape index (κ2) is 25.6. The number of rotatable bonds is 23. The molecular weight excluding hydrogens is 611 g/mol. The van der Waals surface area contributed by atoms with Gasteiger partial charge in [0, 0.05) is 12.0 Å². The maximum Gasteiger partial charge on any atom is 0.273 e. The molecule has 2 rings (SSSR count). The first kappa shape index (κ1) is 44.7. The van der Waals surface area contributed by atoms with Crippen molar-refractivity contribution in [1.29, 1.82) is 0 Å². The summed E-state index contributed by atoms with van der Waals surface area (Å²) in [5, 5.41) is 0. The largest absolute Gasteiger partial charge is 0.273 e. The number of allylic oxidation sites excluding steroid dienone is 6. The molecular formula is C45H76F2S. The van der Waals surface area contributed by atoms with Gasteiger partial charge in [0.15, 0.2) is 0 Å². The van der Waals surface area contributed by atoms with Crippen LogP contribution in [0.3, 0.4) is 0 Å². The topological polar surface area (TPSA) is 0 Å². The van der Waals surface area contributed by atoms with Crippen LogP contribution in [0.2, 0.25) is 0 Å². The van der Waals surface area contributed by atoms with E-state index in [1.54, 1.807) is 0 Å². The molecule has 1 unspecified atom stereocenters. The van der Waals surface area contributed by atoms with Crippen LogP contribution in [0.1, 0.15) is 200 Å². The molecule has 1 aliphatic carbocycles. The molecule has 0 nitrogen and oxygen atoms in total. The smallest absolute Gasteiger partial charge is 0.201 e. The van der Waals surface area contributed by atoms with E-state index in [0.29, 0.717) is 6.42 Å². The molecule has 276 valence electrons. The lowest BCUT2D eigenvalue weighted by Crippen LogP contribution is -2.21. The Kier molecular flexibility index (Phi) is 23.8. The zero-order valence-electron chi connectivity index (χ0n) is 33.3. The number of alkyl halides is 2. The Labute approximate surface area is 302 Å². The van der Waals surface area contributed by atoms with Crippen LogP contribution in [0.5, 0.6) is 0 Å². The van der Waals surface area contributed by atoms with Crippen molar-refractivity contribution >= 4 is 22.9 Å². The fraction of sp³-hybridized carbons (Fsp3) is 0.733. The number of halogens is 2. The standard InChI is InChI=1S/C28H40F2.C17H36S/c1-8-10-12-24-16-15-20(5)26(22(7)19(3)4)27(24)25(28(29,30)17-9-2)18-21(6)23-13-11-14-23;1-4-6-7-9-12-15-18-16-13-10-8-11-14-17(3)5-2/h15-16,18H,8-14,17H2,1-7H3;17H,4-16H2,1-3H3/b25-18+;. The van der Waals surface area contributed by atoms with E-state index in [9.17, 15) is 0 Å². The molecule has 0 aliphatic heterocycles. The fourth-order valence-corrected chi connectivity index (χ4v) is 7.43. The van der Waals surface area contributed by atoms with E-state index in [1.165, 1.54) is 99.7 Å². The van der Waals surface area contributed by atoms with Gasteiger partial charge in [-0.3, -0.25) is 0 Å². The summed E-state index contributed by atoms with van der Waals surface area (Å²) in [5.41, 5.74) is 8.84. The van der Waals surface area contributed by atoms with E-state index in [2.05, 4.69) is 79.3 Å². The highest BCUT2D eigenvalue weighted by Gasteiger charge is 2.37. The van der Waals surface area contributed by atoms with Crippen LogP contribution in [0, 0.1) is 12.8 Å². The molecule has 1 fully saturated rings. The summed E-state index contributed by atoms with van der Waals surface area (Å²) < 4.78 is 31.4. The number of aryl methyl sites for hydroxylation is 2. The van der Waals surface area contributed by atoms with E-state index in [1.807, 2.05) is 19.9 Å². The first-order valence-corrected chi connectivity index (χ1v) is 21.2. The number of benzene rings is 1. The highest BCUT2D eigenvalue weighted by Crippen LogP contribution is 2.44. The van der Waals surface area contributed by atoms with Gasteiger partial charge in [0.2, 0.25) is 0 Å². The van der Waals surface area contributed by atoms with Crippen molar-refractivity contribution < 1.29 is 8.78 Å². The maximum absolute atomic E-state index is 15.7. The molecule has 0 amide bonds. The van der Waals surface area contributed by atoms with Crippen molar-refractivity contribution in [3.05, 3.63) is 57.2 Å². The van der Waals surface area contributed by atoms with Gasteiger partial charge in [-0.05, 0) is 131 Å². The minimum absolute atomic E-state index is 0.115. The van der Waals surface area contributed by atoms with Crippen molar-refractivity contribution in [1.82, 2.24) is 0 Å². The van der Waals surface area contributed by atoms with E-state index < -0.39 is 5.92 Å². The first-order valence-electron chi connectivity index (χ1n) is 20.1. The number of hydrogen-bond donors (Lipinski definition) is 0. The third kappa shape index (κ3) is 16.6. The molecule has 0 radical (unpaired) electrons. The zero-order chi connectivity index (χ0) is 36.0. The molecule has 0 N–H and O–H groups in total. The van der Waals surface area contributed by atoms with Crippen LogP contribution in [-0.4, -0.2) is 17.4 Å². The minimum Gasteiger partial charge on any atom is -0.201 e. The Bertz CT molecular complexity index is 1110. The predicted molar refractivity (Wildman–Crippen MR) is 217 cm³/mol. The van der Waals surface area contributed by atoms with Crippen LogP contribution in [0.4, 0.5) is 8.78 Å². The highest BCUT2D eigenvalue weighted by molar-refractivity contribution is 7.99. The Morgan fingerprint density at radius 3 is 1.92 bits per heavy atom. The summed E-state index contributed by atoms with van der Waals surface area (Å²) in [6.45, 7) is 21.3. The van der Waals surface area contributed by atoms with Gasteiger partial charge in [0.1, 0.15) is 0 Å². The SMILES string of the molecule is CCCCCCCSCCCCCCC(C)CC.CCCCc1ccc(C)c(C(C)=C(C)C)c1/C(=C\C(C)=C1CCC1)C(F)(F)CCC. The maximum atomic E-state index is 15.7. The summed E-state index contributed by atoms with van der Waals surface area (Å²) in [6.07, 6.45) is 24.1. The molecule has 1 aliphatic rings. The van der Waals surface area contributed by atoms with Gasteiger partial charge in [0.25, 0.3) is 5.92 Å². The van der Waals surface area contributed by atoms with Crippen LogP contribution >= 0.6 is 11.8 Å². The van der Waals surface area contributed by atoms with Gasteiger partial charge in [-0.1, -0.05) is 134 Å². The van der Waals surface area contributed by atoms with Crippen molar-refractivity contribution in [2.45, 2.75) is 197 Å². The van der Waals surface area contributed by atoms with Crippen LogP contribution < -0.4 is 0 Å². The Morgan fingerprint density at radius 1 is 0.792 bits per heavy atom. The number of hydrogen-bond acceptors (Lipinski definition) is 1. The van der Waals surface area contributed by atoms with Gasteiger partial charge in [-0.2, -0.15) is 11.8 Å².